The molecule has 1 aromatic carbocycles. The minimum atomic E-state index is -0.399. The van der Waals surface area contributed by atoms with E-state index >= 15 is 0 Å². The molecular weight excluding hydrogens is 376 g/mol. The molecule has 0 saturated heterocycles. The normalized spacial score (nSPS) is 10.5. The summed E-state index contributed by atoms with van der Waals surface area (Å²) in [6.45, 7) is 3.07. The van der Waals surface area contributed by atoms with Crippen molar-refractivity contribution in [1.82, 2.24) is 0 Å². The molecule has 6 heteroatoms. The molecule has 0 saturated carbocycles. The number of nitro groups is 1. The first-order valence-electron chi connectivity index (χ1n) is 6.43. The van der Waals surface area contributed by atoms with Gasteiger partial charge in [0.15, 0.2) is 0 Å². The Morgan fingerprint density at radius 3 is 2.26 bits per heavy atom. The van der Waals surface area contributed by atoms with Gasteiger partial charge >= 0.3 is 0 Å². The van der Waals surface area contributed by atoms with E-state index in [4.69, 9.17) is 0 Å². The highest BCUT2D eigenvalue weighted by Gasteiger charge is 2.13. The van der Waals surface area contributed by atoms with Crippen molar-refractivity contribution in [2.45, 2.75) is 39.0 Å². The van der Waals surface area contributed by atoms with E-state index in [9.17, 15) is 10.1 Å². The van der Waals surface area contributed by atoms with Gasteiger partial charge in [-0.1, -0.05) is 32.6 Å². The van der Waals surface area contributed by atoms with Crippen molar-refractivity contribution in [3.63, 3.8) is 0 Å². The zero-order valence-electron chi connectivity index (χ0n) is 10.9. The topological polar surface area (TPSA) is 55.2 Å². The Hall–Kier alpha value is -0.620. The molecule has 0 fully saturated rings. The average molecular weight is 394 g/mol. The number of anilines is 1. The Morgan fingerprint density at radius 2 is 1.74 bits per heavy atom. The highest BCUT2D eigenvalue weighted by molar-refractivity contribution is 9.11. The lowest BCUT2D eigenvalue weighted by Crippen LogP contribution is -2.03. The summed E-state index contributed by atoms with van der Waals surface area (Å²) in [5, 5.41) is 14.0. The number of nitrogens with one attached hydrogen (secondary N) is 1. The summed E-state index contributed by atoms with van der Waals surface area (Å²) in [5.74, 6) is 0. The summed E-state index contributed by atoms with van der Waals surface area (Å²) in [5.41, 5.74) is 0.952. The third-order valence-electron chi connectivity index (χ3n) is 2.82. The molecule has 1 rings (SSSR count). The van der Waals surface area contributed by atoms with Crippen LogP contribution in [0.1, 0.15) is 39.0 Å². The molecule has 19 heavy (non-hydrogen) atoms. The largest absolute Gasteiger partial charge is 0.383 e. The van der Waals surface area contributed by atoms with Crippen molar-refractivity contribution >= 4 is 43.2 Å². The maximum atomic E-state index is 10.7. The van der Waals surface area contributed by atoms with Crippen LogP contribution in [0.5, 0.6) is 0 Å². The Kier molecular flexibility index (Phi) is 7.38. The van der Waals surface area contributed by atoms with Crippen molar-refractivity contribution in [3.05, 3.63) is 31.2 Å². The fourth-order valence-corrected chi connectivity index (χ4v) is 3.22. The second-order valence-electron chi connectivity index (χ2n) is 4.38. The Balaban J connectivity index is 2.52. The molecule has 0 aliphatic carbocycles. The number of nitro benzene ring substituents is 1. The van der Waals surface area contributed by atoms with Gasteiger partial charge in [-0.05, 0) is 38.3 Å². The SMILES string of the molecule is CCCCCCCNc1c(Br)cc([N+](=O)[O-])cc1Br. The number of hydrogen-bond acceptors (Lipinski definition) is 3. The molecule has 0 bridgehead atoms. The summed E-state index contributed by atoms with van der Waals surface area (Å²) in [4.78, 5) is 10.3. The van der Waals surface area contributed by atoms with Crippen LogP contribution in [0.15, 0.2) is 21.1 Å². The third kappa shape index (κ3) is 5.48. The lowest BCUT2D eigenvalue weighted by Gasteiger charge is -2.10. The lowest BCUT2D eigenvalue weighted by atomic mass is 10.1. The molecule has 0 heterocycles. The van der Waals surface area contributed by atoms with E-state index in [2.05, 4.69) is 44.1 Å². The van der Waals surface area contributed by atoms with Gasteiger partial charge in [-0.25, -0.2) is 0 Å². The van der Waals surface area contributed by atoms with Crippen LogP contribution in [0.25, 0.3) is 0 Å². The minimum absolute atomic E-state index is 0.0762. The summed E-state index contributed by atoms with van der Waals surface area (Å²) in [7, 11) is 0. The Bertz CT molecular complexity index is 416. The van der Waals surface area contributed by atoms with Gasteiger partial charge in [0.25, 0.3) is 5.69 Å². The number of rotatable bonds is 8. The molecule has 4 nitrogen and oxygen atoms in total. The molecule has 0 unspecified atom stereocenters. The van der Waals surface area contributed by atoms with E-state index in [1.54, 1.807) is 0 Å². The van der Waals surface area contributed by atoms with Crippen LogP contribution in [0.2, 0.25) is 0 Å². The van der Waals surface area contributed by atoms with Crippen molar-refractivity contribution in [3.8, 4) is 0 Å². The van der Waals surface area contributed by atoms with Crippen LogP contribution >= 0.6 is 31.9 Å². The molecule has 0 aromatic heterocycles. The van der Waals surface area contributed by atoms with Gasteiger partial charge in [0.1, 0.15) is 0 Å². The van der Waals surface area contributed by atoms with E-state index in [0.29, 0.717) is 8.95 Å². The van der Waals surface area contributed by atoms with E-state index in [1.165, 1.54) is 37.8 Å². The lowest BCUT2D eigenvalue weighted by molar-refractivity contribution is -0.385. The number of non-ortho nitro benzene ring substituents is 1. The molecule has 1 aromatic rings. The number of benzene rings is 1. The molecule has 0 aliphatic rings. The summed E-state index contributed by atoms with van der Waals surface area (Å²) in [6.07, 6.45) is 6.11. The summed E-state index contributed by atoms with van der Waals surface area (Å²) in [6, 6.07) is 3.04. The molecule has 1 N–H and O–H groups in total. The van der Waals surface area contributed by atoms with Gasteiger partial charge in [-0.2, -0.15) is 0 Å². The van der Waals surface area contributed by atoms with Gasteiger partial charge in [-0.3, -0.25) is 10.1 Å². The number of halogens is 2. The number of unbranched alkanes of at least 4 members (excludes halogenated alkanes) is 4. The Morgan fingerprint density at radius 1 is 1.16 bits per heavy atom. The molecule has 0 spiro atoms. The summed E-state index contributed by atoms with van der Waals surface area (Å²) < 4.78 is 1.42. The first-order valence-corrected chi connectivity index (χ1v) is 8.02. The molecular formula is C13H18Br2N2O2. The van der Waals surface area contributed by atoms with Crippen LogP contribution in [0.4, 0.5) is 11.4 Å². The quantitative estimate of drug-likeness (QED) is 0.360. The molecule has 0 atom stereocenters. The zero-order valence-corrected chi connectivity index (χ0v) is 14.1. The van der Waals surface area contributed by atoms with Crippen molar-refractivity contribution in [2.24, 2.45) is 0 Å². The first-order chi connectivity index (χ1) is 9.06. The third-order valence-corrected chi connectivity index (χ3v) is 4.07. The fraction of sp³-hybridized carbons (Fsp3) is 0.538. The number of nitrogens with zero attached hydrogens (tertiary/aromatic N) is 1. The van der Waals surface area contributed by atoms with E-state index < -0.39 is 4.92 Å². The molecule has 0 aliphatic heterocycles. The van der Waals surface area contributed by atoms with Crippen LogP contribution in [-0.2, 0) is 0 Å². The Labute approximate surface area is 130 Å². The van der Waals surface area contributed by atoms with Crippen molar-refractivity contribution in [2.75, 3.05) is 11.9 Å². The van der Waals surface area contributed by atoms with E-state index in [-0.39, 0.29) is 5.69 Å². The highest BCUT2D eigenvalue weighted by Crippen LogP contribution is 2.35. The van der Waals surface area contributed by atoms with Crippen molar-refractivity contribution in [1.29, 1.82) is 0 Å². The van der Waals surface area contributed by atoms with Gasteiger partial charge in [-0.15, -0.1) is 0 Å². The van der Waals surface area contributed by atoms with Gasteiger partial charge in [0.05, 0.1) is 10.6 Å². The minimum Gasteiger partial charge on any atom is -0.383 e. The maximum absolute atomic E-state index is 10.7. The molecule has 0 radical (unpaired) electrons. The molecule has 0 amide bonds. The maximum Gasteiger partial charge on any atom is 0.271 e. The van der Waals surface area contributed by atoms with Gasteiger partial charge in [0.2, 0.25) is 0 Å². The second kappa shape index (κ2) is 8.53. The van der Waals surface area contributed by atoms with Crippen LogP contribution < -0.4 is 5.32 Å². The van der Waals surface area contributed by atoms with Gasteiger partial charge in [0, 0.05) is 27.6 Å². The van der Waals surface area contributed by atoms with E-state index in [1.807, 2.05) is 0 Å². The summed E-state index contributed by atoms with van der Waals surface area (Å²) >= 11 is 6.73. The number of hydrogen-bond donors (Lipinski definition) is 1. The second-order valence-corrected chi connectivity index (χ2v) is 6.09. The first kappa shape index (κ1) is 16.4. The standard InChI is InChI=1S/C13H18Br2N2O2/c1-2-3-4-5-6-7-16-13-11(14)8-10(17(18)19)9-12(13)15/h8-9,16H,2-7H2,1H3. The van der Waals surface area contributed by atoms with Crippen molar-refractivity contribution < 1.29 is 4.92 Å². The van der Waals surface area contributed by atoms with Crippen LogP contribution in [0.3, 0.4) is 0 Å². The van der Waals surface area contributed by atoms with Crippen LogP contribution in [0, 0.1) is 10.1 Å². The van der Waals surface area contributed by atoms with Crippen LogP contribution in [-0.4, -0.2) is 11.5 Å². The predicted octanol–water partition coefficient (Wildman–Crippen LogP) is 5.50. The zero-order chi connectivity index (χ0) is 14.3. The smallest absolute Gasteiger partial charge is 0.271 e. The average Bonchev–Trinajstić information content (AvgIpc) is 2.35. The van der Waals surface area contributed by atoms with Gasteiger partial charge < -0.3 is 5.32 Å². The predicted molar refractivity (Wildman–Crippen MR) is 85.7 cm³/mol. The molecule has 106 valence electrons. The highest BCUT2D eigenvalue weighted by atomic mass is 79.9. The fourth-order valence-electron chi connectivity index (χ4n) is 1.78. The monoisotopic (exact) mass is 392 g/mol. The van der Waals surface area contributed by atoms with E-state index in [0.717, 1.165) is 18.7 Å².